The number of ether oxygens (including phenoxy) is 1. The van der Waals surface area contributed by atoms with Gasteiger partial charge < -0.3 is 25.4 Å². The second kappa shape index (κ2) is 12.0. The third-order valence-corrected chi connectivity index (χ3v) is 6.90. The maximum absolute atomic E-state index is 14.2. The normalized spacial score (nSPS) is 14.0. The van der Waals surface area contributed by atoms with Gasteiger partial charge in [-0.2, -0.15) is 9.90 Å². The number of rotatable bonds is 10. The summed E-state index contributed by atoms with van der Waals surface area (Å²) < 4.78 is 19.3. The molecule has 0 spiro atoms. The molecular formula is C27H27ClFN9O4. The second-order valence-electron chi connectivity index (χ2n) is 9.56. The summed E-state index contributed by atoms with van der Waals surface area (Å²) in [6.07, 6.45) is 3.77. The van der Waals surface area contributed by atoms with Crippen molar-refractivity contribution in [3.8, 4) is 17.0 Å². The maximum atomic E-state index is 14.2. The fourth-order valence-electron chi connectivity index (χ4n) is 4.54. The number of methoxy groups -OCH3 is 1. The lowest BCUT2D eigenvalue weighted by Gasteiger charge is -2.25. The predicted octanol–water partition coefficient (Wildman–Crippen LogP) is 2.80. The minimum Gasteiger partial charge on any atom is -0.497 e. The molecule has 1 aliphatic heterocycles. The van der Waals surface area contributed by atoms with Crippen LogP contribution in [0.1, 0.15) is 41.0 Å². The van der Waals surface area contributed by atoms with Crippen LogP contribution in [0.4, 0.5) is 16.2 Å². The minimum absolute atomic E-state index is 0.105. The second-order valence-corrected chi connectivity index (χ2v) is 9.97. The topological polar surface area (TPSA) is 160 Å². The van der Waals surface area contributed by atoms with Crippen molar-refractivity contribution in [2.24, 2.45) is 7.05 Å². The summed E-state index contributed by atoms with van der Waals surface area (Å²) in [5.74, 6) is -0.598. The molecule has 0 bridgehead atoms. The monoisotopic (exact) mass is 595 g/mol. The Morgan fingerprint density at radius 1 is 1.21 bits per heavy atom. The lowest BCUT2D eigenvalue weighted by Crippen LogP contribution is -2.42. The number of carbonyl (C=O) groups is 2. The Kier molecular flexibility index (Phi) is 8.27. The molecule has 15 heteroatoms. The third-order valence-electron chi connectivity index (χ3n) is 6.63. The molecule has 3 aromatic heterocycles. The standard InChI is InChI=1S/C27H27ClFN9O4/c1-4-21(39)25(14-5-16(29)8-17(6-14)42-3)34-23(40)13-38-12-20-18(26(38)41)7-15(9-30-20)24-19(28)10-31-27(35-24)33-22-11-32-37(2)36-22/h5-11,21,25,39H,4,12-13H2,1-3H3,(H,34,40)(H,31,33,35,36)/t21-,25-/m0/s1. The Bertz CT molecular complexity index is 1650. The average molecular weight is 596 g/mol. The molecule has 0 saturated carbocycles. The number of fused-ring (bicyclic) bond motifs is 1. The van der Waals surface area contributed by atoms with Gasteiger partial charge in [-0.3, -0.25) is 14.6 Å². The highest BCUT2D eigenvalue weighted by atomic mass is 35.5. The smallest absolute Gasteiger partial charge is 0.256 e. The van der Waals surface area contributed by atoms with E-state index in [1.807, 2.05) is 0 Å². The number of aliphatic hydroxyl groups is 1. The fourth-order valence-corrected chi connectivity index (χ4v) is 4.74. The summed E-state index contributed by atoms with van der Waals surface area (Å²) in [5.41, 5.74) is 1.96. The fraction of sp³-hybridized carbons (Fsp3) is 0.296. The Balaban J connectivity index is 1.31. The van der Waals surface area contributed by atoms with E-state index < -0.39 is 29.8 Å². The number of hydrogen-bond donors (Lipinski definition) is 3. The summed E-state index contributed by atoms with van der Waals surface area (Å²) in [4.78, 5) is 42.1. The summed E-state index contributed by atoms with van der Waals surface area (Å²) in [6, 6.07) is 4.67. The van der Waals surface area contributed by atoms with Crippen molar-refractivity contribution in [2.45, 2.75) is 32.0 Å². The first kappa shape index (κ1) is 28.8. The van der Waals surface area contributed by atoms with Gasteiger partial charge in [0.15, 0.2) is 5.82 Å². The Morgan fingerprint density at radius 2 is 2.02 bits per heavy atom. The zero-order valence-corrected chi connectivity index (χ0v) is 23.6. The van der Waals surface area contributed by atoms with Gasteiger partial charge in [0, 0.05) is 24.9 Å². The summed E-state index contributed by atoms with van der Waals surface area (Å²) in [5, 5.41) is 24.6. The Hall–Kier alpha value is -4.69. The van der Waals surface area contributed by atoms with Crippen molar-refractivity contribution in [3.63, 3.8) is 0 Å². The van der Waals surface area contributed by atoms with Gasteiger partial charge in [0.25, 0.3) is 5.91 Å². The van der Waals surface area contributed by atoms with E-state index >= 15 is 0 Å². The van der Waals surface area contributed by atoms with Gasteiger partial charge in [0.1, 0.15) is 18.1 Å². The van der Waals surface area contributed by atoms with Crippen LogP contribution in [0.2, 0.25) is 5.02 Å². The zero-order chi connectivity index (χ0) is 30.0. The highest BCUT2D eigenvalue weighted by Crippen LogP contribution is 2.31. The average Bonchev–Trinajstić information content (AvgIpc) is 3.53. The summed E-state index contributed by atoms with van der Waals surface area (Å²) in [7, 11) is 3.07. The molecule has 2 amide bonds. The van der Waals surface area contributed by atoms with E-state index in [-0.39, 0.29) is 29.8 Å². The number of carbonyl (C=O) groups excluding carboxylic acids is 2. The molecule has 3 N–H and O–H groups in total. The molecule has 2 atom stereocenters. The molecule has 13 nitrogen and oxygen atoms in total. The van der Waals surface area contributed by atoms with E-state index in [1.54, 1.807) is 32.3 Å². The molecule has 42 heavy (non-hydrogen) atoms. The number of benzene rings is 1. The van der Waals surface area contributed by atoms with Crippen molar-refractivity contribution in [3.05, 3.63) is 70.5 Å². The number of pyridine rings is 1. The molecular weight excluding hydrogens is 569 g/mol. The molecule has 1 aliphatic rings. The van der Waals surface area contributed by atoms with E-state index in [1.165, 1.54) is 41.3 Å². The van der Waals surface area contributed by atoms with E-state index in [0.717, 1.165) is 0 Å². The largest absolute Gasteiger partial charge is 0.497 e. The van der Waals surface area contributed by atoms with Crippen molar-refractivity contribution >= 4 is 35.2 Å². The van der Waals surface area contributed by atoms with Crippen molar-refractivity contribution < 1.29 is 23.8 Å². The quantitative estimate of drug-likeness (QED) is 0.249. The van der Waals surface area contributed by atoms with Crippen LogP contribution in [0.25, 0.3) is 11.3 Å². The van der Waals surface area contributed by atoms with Crippen LogP contribution >= 0.6 is 11.6 Å². The number of aliphatic hydroxyl groups excluding tert-OH is 1. The van der Waals surface area contributed by atoms with Gasteiger partial charge in [0.05, 0.1) is 60.2 Å². The minimum atomic E-state index is -0.998. The van der Waals surface area contributed by atoms with Crippen LogP contribution in [0.15, 0.2) is 42.9 Å². The molecule has 0 unspecified atom stereocenters. The van der Waals surface area contributed by atoms with Gasteiger partial charge in [-0.15, -0.1) is 5.10 Å². The van der Waals surface area contributed by atoms with Gasteiger partial charge in [0.2, 0.25) is 11.9 Å². The molecule has 0 radical (unpaired) electrons. The highest BCUT2D eigenvalue weighted by Gasteiger charge is 2.32. The molecule has 0 fully saturated rings. The van der Waals surface area contributed by atoms with E-state index in [0.29, 0.717) is 40.3 Å². The zero-order valence-electron chi connectivity index (χ0n) is 22.9. The molecule has 0 aliphatic carbocycles. The van der Waals surface area contributed by atoms with E-state index in [9.17, 15) is 19.1 Å². The van der Waals surface area contributed by atoms with Gasteiger partial charge >= 0.3 is 0 Å². The number of aryl methyl sites for hydroxylation is 1. The number of amides is 2. The lowest BCUT2D eigenvalue weighted by atomic mass is 9.99. The summed E-state index contributed by atoms with van der Waals surface area (Å²) >= 11 is 6.38. The summed E-state index contributed by atoms with van der Waals surface area (Å²) in [6.45, 7) is 1.54. The highest BCUT2D eigenvalue weighted by molar-refractivity contribution is 6.33. The molecule has 4 aromatic rings. The van der Waals surface area contributed by atoms with Crippen LogP contribution in [0.3, 0.4) is 0 Å². The number of hydrogen-bond acceptors (Lipinski definition) is 10. The lowest BCUT2D eigenvalue weighted by molar-refractivity contribution is -0.123. The molecule has 0 saturated heterocycles. The molecule has 5 rings (SSSR count). The van der Waals surface area contributed by atoms with Gasteiger partial charge in [-0.1, -0.05) is 18.5 Å². The van der Waals surface area contributed by atoms with E-state index in [2.05, 4.69) is 35.8 Å². The van der Waals surface area contributed by atoms with Gasteiger partial charge in [-0.25, -0.2) is 14.4 Å². The van der Waals surface area contributed by atoms with Crippen LogP contribution in [-0.2, 0) is 18.4 Å². The maximum Gasteiger partial charge on any atom is 0.256 e. The molecule has 4 heterocycles. The van der Waals surface area contributed by atoms with Crippen molar-refractivity contribution in [1.82, 2.24) is 40.2 Å². The number of nitrogens with one attached hydrogen (secondary N) is 2. The molecule has 1 aromatic carbocycles. The number of halogens is 2. The van der Waals surface area contributed by atoms with Crippen LogP contribution in [0, 0.1) is 5.82 Å². The third kappa shape index (κ3) is 6.14. The van der Waals surface area contributed by atoms with Crippen LogP contribution in [0.5, 0.6) is 5.75 Å². The van der Waals surface area contributed by atoms with Crippen molar-refractivity contribution in [2.75, 3.05) is 19.0 Å². The van der Waals surface area contributed by atoms with E-state index in [4.69, 9.17) is 16.3 Å². The first-order valence-corrected chi connectivity index (χ1v) is 13.3. The first-order valence-electron chi connectivity index (χ1n) is 12.9. The van der Waals surface area contributed by atoms with Gasteiger partial charge in [-0.05, 0) is 30.2 Å². The van der Waals surface area contributed by atoms with Crippen LogP contribution in [-0.4, -0.2) is 71.5 Å². The Morgan fingerprint density at radius 3 is 2.74 bits per heavy atom. The molecule has 218 valence electrons. The van der Waals surface area contributed by atoms with Crippen molar-refractivity contribution in [1.29, 1.82) is 0 Å². The SMILES string of the molecule is CC[C@H](O)[C@@H](NC(=O)CN1Cc2ncc(-c3nc(Nc4cnn(C)n4)ncc3Cl)cc2C1=O)c1cc(F)cc(OC)c1. The number of nitrogens with zero attached hydrogens (tertiary/aromatic N) is 7. The predicted molar refractivity (Wildman–Crippen MR) is 149 cm³/mol. The van der Waals surface area contributed by atoms with Crippen LogP contribution < -0.4 is 15.4 Å². The number of anilines is 2. The first-order chi connectivity index (χ1) is 20.1. The Labute approximate surface area is 244 Å². The number of aromatic nitrogens is 6.